The third kappa shape index (κ3) is 5.67. The second-order valence-corrected chi connectivity index (χ2v) is 8.20. The summed E-state index contributed by atoms with van der Waals surface area (Å²) in [5.74, 6) is -31.8. The lowest BCUT2D eigenvalue weighted by Crippen LogP contribution is -2.69. The van der Waals surface area contributed by atoms with E-state index in [0.29, 0.717) is 12.1 Å². The fourth-order valence-electron chi connectivity index (χ4n) is 2.53. The molecule has 0 fully saturated rings. The Morgan fingerprint density at radius 2 is 0.838 bits per heavy atom. The van der Waals surface area contributed by atoms with E-state index in [-0.39, 0.29) is 11.1 Å². The van der Waals surface area contributed by atoms with Crippen LogP contribution in [0.4, 0.5) is 70.2 Å². The number of hydrogen-bond acceptors (Lipinski definition) is 2. The van der Waals surface area contributed by atoms with E-state index in [0.717, 1.165) is 36.4 Å². The standard InChI is InChI=1S/C19H8F16OS/c20-13(21,15(24,25)17(28,29)30)14(22,23)16(26,27)18(31,32)37-12-7-3-10(4-8-12)9-1-5-11(6-2-9)36-19(33,34)35/h1-8H. The van der Waals surface area contributed by atoms with Crippen molar-refractivity contribution in [1.29, 1.82) is 0 Å². The van der Waals surface area contributed by atoms with Crippen molar-refractivity contribution in [1.82, 2.24) is 0 Å². The number of hydrogen-bond donors (Lipinski definition) is 0. The predicted molar refractivity (Wildman–Crippen MR) is 95.2 cm³/mol. The van der Waals surface area contributed by atoms with E-state index < -0.39 is 63.9 Å². The van der Waals surface area contributed by atoms with Gasteiger partial charge in [0.15, 0.2) is 0 Å². The first kappa shape index (κ1) is 30.7. The van der Waals surface area contributed by atoms with Crippen molar-refractivity contribution in [3.8, 4) is 16.9 Å². The zero-order chi connectivity index (χ0) is 28.9. The van der Waals surface area contributed by atoms with Gasteiger partial charge in [0.25, 0.3) is 0 Å². The summed E-state index contributed by atoms with van der Waals surface area (Å²) in [6.07, 6.45) is -12.5. The van der Waals surface area contributed by atoms with Gasteiger partial charge in [0.05, 0.1) is 0 Å². The Morgan fingerprint density at radius 3 is 1.22 bits per heavy atom. The van der Waals surface area contributed by atoms with Crippen molar-refractivity contribution in [3.05, 3.63) is 48.5 Å². The SMILES string of the molecule is FC(F)(F)Oc1ccc(-c2ccc(SC(F)(F)C(F)(F)C(F)(F)C(F)(F)C(F)(F)C(F)(F)F)cc2)cc1. The highest BCUT2D eigenvalue weighted by atomic mass is 32.2. The van der Waals surface area contributed by atoms with E-state index in [9.17, 15) is 70.2 Å². The molecule has 1 nitrogen and oxygen atoms in total. The lowest BCUT2D eigenvalue weighted by molar-refractivity contribution is -0.433. The van der Waals surface area contributed by atoms with E-state index in [4.69, 9.17) is 0 Å². The van der Waals surface area contributed by atoms with Gasteiger partial charge in [-0.3, -0.25) is 0 Å². The molecule has 0 aliphatic rings. The van der Waals surface area contributed by atoms with Crippen LogP contribution in [0.1, 0.15) is 0 Å². The first-order valence-corrected chi connectivity index (χ1v) is 9.80. The maximum atomic E-state index is 14.0. The van der Waals surface area contributed by atoms with Crippen LogP contribution >= 0.6 is 11.8 Å². The summed E-state index contributed by atoms with van der Waals surface area (Å²) in [4.78, 5) is -1.05. The molecule has 0 heterocycles. The minimum absolute atomic E-state index is 0.0275. The zero-order valence-corrected chi connectivity index (χ0v) is 17.8. The third-order valence-corrected chi connectivity index (χ3v) is 5.45. The molecule has 0 atom stereocenters. The summed E-state index contributed by atoms with van der Waals surface area (Å²) in [5, 5.41) is -6.35. The summed E-state index contributed by atoms with van der Waals surface area (Å²) >= 11 is -1.54. The van der Waals surface area contributed by atoms with Crippen LogP contribution in [0.15, 0.2) is 53.4 Å². The molecule has 0 bridgehead atoms. The van der Waals surface area contributed by atoms with Crippen LogP contribution in [-0.4, -0.2) is 41.5 Å². The van der Waals surface area contributed by atoms with Crippen LogP contribution in [0.3, 0.4) is 0 Å². The first-order chi connectivity index (χ1) is 16.4. The average molecular weight is 588 g/mol. The van der Waals surface area contributed by atoms with Crippen LogP contribution in [0, 0.1) is 0 Å². The molecule has 0 amide bonds. The molecule has 2 aromatic rings. The molecule has 0 unspecified atom stereocenters. The molecule has 0 aliphatic carbocycles. The summed E-state index contributed by atoms with van der Waals surface area (Å²) in [6.45, 7) is 0. The summed E-state index contributed by atoms with van der Waals surface area (Å²) in [6, 6.07) is 6.50. The smallest absolute Gasteiger partial charge is 0.406 e. The molecule has 2 aromatic carbocycles. The predicted octanol–water partition coefficient (Wildman–Crippen LogP) is 9.04. The van der Waals surface area contributed by atoms with E-state index in [1.54, 1.807) is 0 Å². The van der Waals surface area contributed by atoms with Gasteiger partial charge >= 0.3 is 41.5 Å². The Balaban J connectivity index is 2.30. The average Bonchev–Trinajstić information content (AvgIpc) is 2.72. The molecule has 0 aliphatic heterocycles. The van der Waals surface area contributed by atoms with Gasteiger partial charge in [-0.05, 0) is 47.2 Å². The van der Waals surface area contributed by atoms with Crippen LogP contribution in [0.25, 0.3) is 11.1 Å². The minimum Gasteiger partial charge on any atom is -0.406 e. The van der Waals surface area contributed by atoms with Crippen molar-refractivity contribution in [2.75, 3.05) is 0 Å². The first-order valence-electron chi connectivity index (χ1n) is 8.98. The number of ether oxygens (including phenoxy) is 1. The van der Waals surface area contributed by atoms with Gasteiger partial charge in [0, 0.05) is 4.90 Å². The molecular weight excluding hydrogens is 580 g/mol. The minimum atomic E-state index is -7.99. The summed E-state index contributed by atoms with van der Waals surface area (Å²) in [5.41, 5.74) is 0.128. The monoisotopic (exact) mass is 588 g/mol. The van der Waals surface area contributed by atoms with Gasteiger partial charge in [0.1, 0.15) is 5.75 Å². The number of benzene rings is 2. The van der Waals surface area contributed by atoms with E-state index in [1.165, 1.54) is 0 Å². The van der Waals surface area contributed by atoms with Crippen molar-refractivity contribution in [3.63, 3.8) is 0 Å². The highest BCUT2D eigenvalue weighted by Gasteiger charge is 2.90. The number of halogens is 16. The summed E-state index contributed by atoms with van der Waals surface area (Å²) in [7, 11) is 0. The van der Waals surface area contributed by atoms with Gasteiger partial charge in [-0.15, -0.1) is 13.2 Å². The van der Waals surface area contributed by atoms with E-state index >= 15 is 0 Å². The van der Waals surface area contributed by atoms with Crippen LogP contribution < -0.4 is 4.74 Å². The normalized spacial score (nSPS) is 14.6. The van der Waals surface area contributed by atoms with Crippen molar-refractivity contribution >= 4 is 11.8 Å². The molecule has 37 heavy (non-hydrogen) atoms. The van der Waals surface area contributed by atoms with Crippen molar-refractivity contribution in [2.24, 2.45) is 0 Å². The Bertz CT molecular complexity index is 1070. The maximum Gasteiger partial charge on any atom is 0.573 e. The fourth-order valence-corrected chi connectivity index (χ4v) is 3.36. The van der Waals surface area contributed by atoms with Crippen LogP contribution in [0.5, 0.6) is 5.75 Å². The van der Waals surface area contributed by atoms with E-state index in [2.05, 4.69) is 4.74 Å². The van der Waals surface area contributed by atoms with E-state index in [1.807, 2.05) is 0 Å². The van der Waals surface area contributed by atoms with Crippen molar-refractivity contribution < 1.29 is 75.0 Å². The summed E-state index contributed by atoms with van der Waals surface area (Å²) < 4.78 is 211. The quantitative estimate of drug-likeness (QED) is 0.225. The molecule has 0 saturated heterocycles. The Morgan fingerprint density at radius 1 is 0.459 bits per heavy atom. The molecule has 208 valence electrons. The van der Waals surface area contributed by atoms with Gasteiger partial charge in [-0.1, -0.05) is 24.3 Å². The molecule has 0 radical (unpaired) electrons. The highest BCUT2D eigenvalue weighted by Crippen LogP contribution is 2.62. The lowest BCUT2D eigenvalue weighted by atomic mass is 9.98. The van der Waals surface area contributed by atoms with Gasteiger partial charge < -0.3 is 4.74 Å². The molecule has 0 spiro atoms. The molecule has 18 heteroatoms. The molecule has 0 aromatic heterocycles. The fraction of sp³-hybridized carbons (Fsp3) is 0.368. The topological polar surface area (TPSA) is 9.23 Å². The Kier molecular flexibility index (Phi) is 7.75. The Hall–Kier alpha value is -2.53. The van der Waals surface area contributed by atoms with Gasteiger partial charge in [-0.2, -0.15) is 57.1 Å². The second kappa shape index (κ2) is 9.34. The van der Waals surface area contributed by atoms with Crippen LogP contribution in [0.2, 0.25) is 0 Å². The molecule has 2 rings (SSSR count). The lowest BCUT2D eigenvalue weighted by Gasteiger charge is -2.39. The molecule has 0 N–H and O–H groups in total. The number of rotatable bonds is 8. The second-order valence-electron chi connectivity index (χ2n) is 7.01. The maximum absolute atomic E-state index is 14.0. The number of thioether (sulfide) groups is 1. The third-order valence-electron chi connectivity index (χ3n) is 4.43. The van der Waals surface area contributed by atoms with Gasteiger partial charge in [0.2, 0.25) is 0 Å². The number of alkyl halides is 16. The Labute approximate surface area is 199 Å². The zero-order valence-electron chi connectivity index (χ0n) is 17.0. The largest absolute Gasteiger partial charge is 0.573 e. The van der Waals surface area contributed by atoms with Crippen LogP contribution in [-0.2, 0) is 0 Å². The molecular formula is C19H8F16OS. The highest BCUT2D eigenvalue weighted by molar-refractivity contribution is 8.00. The van der Waals surface area contributed by atoms with Crippen molar-refractivity contribution in [2.45, 2.75) is 46.4 Å². The molecule has 0 saturated carbocycles. The van der Waals surface area contributed by atoms with Gasteiger partial charge in [-0.25, -0.2) is 0 Å².